The number of hydrogen-bond acceptors (Lipinski definition) is 5. The number of piperidine rings is 2. The van der Waals surface area contributed by atoms with Gasteiger partial charge in [0.05, 0.1) is 0 Å². The molecule has 5 rings (SSSR count). The predicted octanol–water partition coefficient (Wildman–Crippen LogP) is 2.44. The molecule has 0 saturated carbocycles. The van der Waals surface area contributed by atoms with Crippen molar-refractivity contribution in [2.75, 3.05) is 26.3 Å². The first-order valence-electron chi connectivity index (χ1n) is 12.1. The van der Waals surface area contributed by atoms with Crippen LogP contribution in [0.4, 0.5) is 0 Å². The number of amides is 3. The largest absolute Gasteiger partial charge is 0.381 e. The topological polar surface area (TPSA) is 79.0 Å². The number of carbonyl (C=O) groups excluding carboxylic acids is 3. The molecule has 3 fully saturated rings. The molecule has 0 radical (unpaired) electrons. The van der Waals surface area contributed by atoms with Crippen LogP contribution >= 0.6 is 0 Å². The molecule has 1 aromatic carbocycles. The van der Waals surface area contributed by atoms with Gasteiger partial charge in [-0.2, -0.15) is 0 Å². The molecule has 0 spiro atoms. The lowest BCUT2D eigenvalue weighted by molar-refractivity contribution is -0.136. The lowest BCUT2D eigenvalue weighted by atomic mass is 9.85. The van der Waals surface area contributed by atoms with Crippen LogP contribution in [0.5, 0.6) is 0 Å². The number of benzene rings is 1. The fraction of sp³-hybridized carbons (Fsp3) is 0.640. The monoisotopic (exact) mass is 439 g/mol. The summed E-state index contributed by atoms with van der Waals surface area (Å²) in [7, 11) is 0. The molecular weight excluding hydrogens is 406 g/mol. The molecule has 1 aromatic rings. The van der Waals surface area contributed by atoms with Crippen molar-refractivity contribution in [3.05, 3.63) is 34.9 Å². The van der Waals surface area contributed by atoms with Gasteiger partial charge in [-0.15, -0.1) is 0 Å². The predicted molar refractivity (Wildman–Crippen MR) is 119 cm³/mol. The Morgan fingerprint density at radius 1 is 1.03 bits per heavy atom. The second kappa shape index (κ2) is 8.94. The molecule has 0 aromatic heterocycles. The van der Waals surface area contributed by atoms with Gasteiger partial charge in [0.2, 0.25) is 11.8 Å². The van der Waals surface area contributed by atoms with E-state index in [0.717, 1.165) is 50.6 Å². The molecule has 7 nitrogen and oxygen atoms in total. The van der Waals surface area contributed by atoms with E-state index >= 15 is 0 Å². The number of ether oxygens (including phenoxy) is 1. The van der Waals surface area contributed by atoms with Crippen LogP contribution in [0.1, 0.15) is 72.9 Å². The second-order valence-corrected chi connectivity index (χ2v) is 9.82. The molecule has 32 heavy (non-hydrogen) atoms. The maximum Gasteiger partial charge on any atom is 0.255 e. The zero-order chi connectivity index (χ0) is 22.2. The van der Waals surface area contributed by atoms with E-state index in [0.29, 0.717) is 30.5 Å². The summed E-state index contributed by atoms with van der Waals surface area (Å²) in [4.78, 5) is 40.9. The summed E-state index contributed by atoms with van der Waals surface area (Å²) in [5.41, 5.74) is 3.01. The number of hydrogen-bond donors (Lipinski definition) is 1. The Kier molecular flexibility index (Phi) is 6.03. The van der Waals surface area contributed by atoms with Gasteiger partial charge in [0.15, 0.2) is 0 Å². The standard InChI is InChI=1S/C25H33N3O4/c1-16(17-8-12-32-13-9-17)27-10-6-18(7-11-27)19-2-3-21-20(14-19)15-28(25(21)31)22-4-5-23(29)26-24(22)30/h2-3,14,16-18,22H,4-13,15H2,1H3,(H,26,29,30). The number of fused-ring (bicyclic) bond motifs is 1. The fourth-order valence-corrected chi connectivity index (χ4v) is 5.98. The van der Waals surface area contributed by atoms with Crippen molar-refractivity contribution < 1.29 is 19.1 Å². The van der Waals surface area contributed by atoms with Gasteiger partial charge in [0.1, 0.15) is 6.04 Å². The summed E-state index contributed by atoms with van der Waals surface area (Å²) in [5.74, 6) is 0.549. The average Bonchev–Trinajstić information content (AvgIpc) is 3.15. The SMILES string of the molecule is CC(C1CCOCC1)N1CCC(c2ccc3c(c2)CN(C2CCC(=O)NC2=O)C3=O)CC1. The highest BCUT2D eigenvalue weighted by Crippen LogP contribution is 2.35. The molecule has 4 heterocycles. The van der Waals surface area contributed by atoms with Crippen LogP contribution in [-0.4, -0.2) is 65.9 Å². The van der Waals surface area contributed by atoms with Gasteiger partial charge >= 0.3 is 0 Å². The average molecular weight is 440 g/mol. The lowest BCUT2D eigenvalue weighted by Crippen LogP contribution is -2.52. The van der Waals surface area contributed by atoms with Crippen LogP contribution in [0.2, 0.25) is 0 Å². The van der Waals surface area contributed by atoms with Gasteiger partial charge in [0, 0.05) is 37.8 Å². The van der Waals surface area contributed by atoms with E-state index < -0.39 is 6.04 Å². The zero-order valence-corrected chi connectivity index (χ0v) is 18.8. The van der Waals surface area contributed by atoms with Crippen LogP contribution in [0.3, 0.4) is 0 Å². The van der Waals surface area contributed by atoms with Crippen molar-refractivity contribution in [1.82, 2.24) is 15.1 Å². The molecule has 4 aliphatic rings. The van der Waals surface area contributed by atoms with E-state index in [1.807, 2.05) is 6.07 Å². The number of carbonyl (C=O) groups is 3. The zero-order valence-electron chi connectivity index (χ0n) is 18.8. The summed E-state index contributed by atoms with van der Waals surface area (Å²) in [6, 6.07) is 6.29. The van der Waals surface area contributed by atoms with E-state index in [1.54, 1.807) is 4.90 Å². The van der Waals surface area contributed by atoms with Gasteiger partial charge in [-0.05, 0) is 81.1 Å². The summed E-state index contributed by atoms with van der Waals surface area (Å²) in [5, 5.41) is 2.37. The van der Waals surface area contributed by atoms with E-state index in [1.165, 1.54) is 18.4 Å². The van der Waals surface area contributed by atoms with Crippen molar-refractivity contribution >= 4 is 17.7 Å². The Morgan fingerprint density at radius 2 is 1.78 bits per heavy atom. The molecule has 0 bridgehead atoms. The van der Waals surface area contributed by atoms with Crippen LogP contribution in [0, 0.1) is 5.92 Å². The first-order valence-corrected chi connectivity index (χ1v) is 12.1. The highest BCUT2D eigenvalue weighted by Gasteiger charge is 2.39. The number of nitrogens with zero attached hydrogens (tertiary/aromatic N) is 2. The van der Waals surface area contributed by atoms with Crippen molar-refractivity contribution in [3.8, 4) is 0 Å². The summed E-state index contributed by atoms with van der Waals surface area (Å²) < 4.78 is 5.53. The Morgan fingerprint density at radius 3 is 2.50 bits per heavy atom. The molecule has 3 saturated heterocycles. The Hall–Kier alpha value is -2.25. The maximum atomic E-state index is 12.9. The molecule has 3 amide bonds. The first kappa shape index (κ1) is 21.6. The third-order valence-corrected chi connectivity index (χ3v) is 8.07. The van der Waals surface area contributed by atoms with E-state index in [2.05, 4.69) is 29.3 Å². The fourth-order valence-electron chi connectivity index (χ4n) is 5.98. The summed E-state index contributed by atoms with van der Waals surface area (Å²) in [6.45, 7) is 6.85. The molecule has 4 aliphatic heterocycles. The molecule has 172 valence electrons. The van der Waals surface area contributed by atoms with Gasteiger partial charge < -0.3 is 14.5 Å². The maximum absolute atomic E-state index is 12.9. The van der Waals surface area contributed by atoms with Crippen molar-refractivity contribution in [2.45, 2.75) is 70.0 Å². The van der Waals surface area contributed by atoms with Crippen LogP contribution in [0.15, 0.2) is 18.2 Å². The van der Waals surface area contributed by atoms with E-state index in [-0.39, 0.29) is 24.1 Å². The minimum absolute atomic E-state index is 0.0962. The highest BCUT2D eigenvalue weighted by molar-refractivity contribution is 6.05. The van der Waals surface area contributed by atoms with Gasteiger partial charge in [0.25, 0.3) is 5.91 Å². The minimum atomic E-state index is -0.550. The molecule has 0 aliphatic carbocycles. The smallest absolute Gasteiger partial charge is 0.255 e. The molecule has 7 heteroatoms. The second-order valence-electron chi connectivity index (χ2n) is 9.82. The Labute approximate surface area is 189 Å². The van der Waals surface area contributed by atoms with Crippen molar-refractivity contribution in [3.63, 3.8) is 0 Å². The first-order chi connectivity index (χ1) is 15.5. The number of nitrogens with one attached hydrogen (secondary N) is 1. The quantitative estimate of drug-likeness (QED) is 0.729. The van der Waals surface area contributed by atoms with E-state index in [4.69, 9.17) is 4.74 Å². The van der Waals surface area contributed by atoms with Crippen molar-refractivity contribution in [1.29, 1.82) is 0 Å². The lowest BCUT2D eigenvalue weighted by Gasteiger charge is -2.40. The minimum Gasteiger partial charge on any atom is -0.381 e. The van der Waals surface area contributed by atoms with Crippen molar-refractivity contribution in [2.24, 2.45) is 5.92 Å². The molecule has 2 unspecified atom stereocenters. The summed E-state index contributed by atoms with van der Waals surface area (Å²) in [6.07, 6.45) is 5.30. The Bertz CT molecular complexity index is 902. The van der Waals surface area contributed by atoms with Crippen LogP contribution in [0.25, 0.3) is 0 Å². The number of likely N-dealkylation sites (tertiary alicyclic amines) is 1. The van der Waals surface area contributed by atoms with Gasteiger partial charge in [-0.25, -0.2) is 0 Å². The normalized spacial score (nSPS) is 26.8. The molecular formula is C25H33N3O4. The third kappa shape index (κ3) is 4.08. The number of imide groups is 1. The van der Waals surface area contributed by atoms with Crippen LogP contribution < -0.4 is 5.32 Å². The van der Waals surface area contributed by atoms with Gasteiger partial charge in [-0.3, -0.25) is 19.7 Å². The van der Waals surface area contributed by atoms with Crippen LogP contribution in [-0.2, 0) is 20.9 Å². The molecule has 2 atom stereocenters. The Balaban J connectivity index is 1.22. The summed E-state index contributed by atoms with van der Waals surface area (Å²) >= 11 is 0. The van der Waals surface area contributed by atoms with Gasteiger partial charge in [-0.1, -0.05) is 12.1 Å². The third-order valence-electron chi connectivity index (χ3n) is 8.07. The van der Waals surface area contributed by atoms with E-state index in [9.17, 15) is 14.4 Å². The molecule has 1 N–H and O–H groups in total. The highest BCUT2D eigenvalue weighted by atomic mass is 16.5. The number of rotatable bonds is 4.